The fraction of sp³-hybridized carbons (Fsp3) is 0.280. The highest BCUT2D eigenvalue weighted by atomic mass is 16.5. The molecule has 1 atom stereocenters. The Kier molecular flexibility index (Phi) is 7.01. The predicted molar refractivity (Wildman–Crippen MR) is 114 cm³/mol. The van der Waals surface area contributed by atoms with Crippen LogP contribution in [0.15, 0.2) is 66.8 Å². The van der Waals surface area contributed by atoms with E-state index < -0.39 is 5.97 Å². The Balaban J connectivity index is 1.63. The highest BCUT2D eigenvalue weighted by Gasteiger charge is 2.13. The molecule has 0 aliphatic heterocycles. The van der Waals surface area contributed by atoms with Crippen molar-refractivity contribution in [3.8, 4) is 5.75 Å². The molecule has 2 aromatic carbocycles. The summed E-state index contributed by atoms with van der Waals surface area (Å²) in [6, 6.07) is 15.8. The molecule has 0 amide bonds. The second-order valence-corrected chi connectivity index (χ2v) is 7.26. The number of rotatable bonds is 8. The molecule has 2 aromatic rings. The van der Waals surface area contributed by atoms with E-state index in [4.69, 9.17) is 9.84 Å². The van der Waals surface area contributed by atoms with Gasteiger partial charge in [0.25, 0.3) is 0 Å². The molecule has 1 unspecified atom stereocenters. The van der Waals surface area contributed by atoms with Crippen molar-refractivity contribution in [3.05, 3.63) is 83.4 Å². The fourth-order valence-corrected chi connectivity index (χ4v) is 3.53. The summed E-state index contributed by atoms with van der Waals surface area (Å²) in [4.78, 5) is 22.5. The molecular formula is C25H26O4. The molecule has 0 radical (unpaired) electrons. The number of ketones is 1. The maximum Gasteiger partial charge on any atom is 0.304 e. The molecule has 1 aliphatic carbocycles. The highest BCUT2D eigenvalue weighted by molar-refractivity contribution is 5.86. The van der Waals surface area contributed by atoms with Crippen molar-refractivity contribution >= 4 is 17.3 Å². The van der Waals surface area contributed by atoms with Crippen molar-refractivity contribution in [3.63, 3.8) is 0 Å². The van der Waals surface area contributed by atoms with Crippen molar-refractivity contribution in [2.24, 2.45) is 0 Å². The molecule has 0 aromatic heterocycles. The predicted octanol–water partition coefficient (Wildman–Crippen LogP) is 5.54. The van der Waals surface area contributed by atoms with Crippen molar-refractivity contribution in [2.75, 3.05) is 0 Å². The van der Waals surface area contributed by atoms with E-state index in [9.17, 15) is 9.59 Å². The van der Waals surface area contributed by atoms with E-state index in [1.54, 1.807) is 0 Å². The van der Waals surface area contributed by atoms with Crippen LogP contribution in [-0.2, 0) is 16.2 Å². The molecule has 3 rings (SSSR count). The summed E-state index contributed by atoms with van der Waals surface area (Å²) in [5, 5.41) is 9.09. The maximum atomic E-state index is 11.4. The van der Waals surface area contributed by atoms with Gasteiger partial charge < -0.3 is 9.84 Å². The number of hydrogen-bond acceptors (Lipinski definition) is 3. The minimum atomic E-state index is -0.814. The lowest BCUT2D eigenvalue weighted by Crippen LogP contribution is -2.04. The molecule has 0 heterocycles. The summed E-state index contributed by atoms with van der Waals surface area (Å²) in [7, 11) is 0. The van der Waals surface area contributed by atoms with Gasteiger partial charge in [-0.2, -0.15) is 0 Å². The van der Waals surface area contributed by atoms with Gasteiger partial charge in [-0.3, -0.25) is 9.59 Å². The maximum absolute atomic E-state index is 11.4. The third-order valence-corrected chi connectivity index (χ3v) is 5.08. The quantitative estimate of drug-likeness (QED) is 0.602. The zero-order valence-corrected chi connectivity index (χ0v) is 16.6. The van der Waals surface area contributed by atoms with E-state index in [-0.39, 0.29) is 12.3 Å². The van der Waals surface area contributed by atoms with Crippen LogP contribution in [0, 0.1) is 0 Å². The highest BCUT2D eigenvalue weighted by Crippen LogP contribution is 2.27. The lowest BCUT2D eigenvalue weighted by atomic mass is 9.92. The van der Waals surface area contributed by atoms with Gasteiger partial charge in [0.2, 0.25) is 0 Å². The lowest BCUT2D eigenvalue weighted by Gasteiger charge is -2.14. The van der Waals surface area contributed by atoms with E-state index in [0.717, 1.165) is 28.9 Å². The minimum Gasteiger partial charge on any atom is -0.489 e. The Bertz CT molecular complexity index is 922. The Hall–Kier alpha value is -3.14. The van der Waals surface area contributed by atoms with Gasteiger partial charge in [-0.25, -0.2) is 0 Å². The summed E-state index contributed by atoms with van der Waals surface area (Å²) in [6.45, 7) is 2.34. The number of carbonyl (C=O) groups excluding carboxylic acids is 1. The van der Waals surface area contributed by atoms with Crippen LogP contribution in [-0.4, -0.2) is 16.9 Å². The van der Waals surface area contributed by atoms with E-state index in [1.165, 1.54) is 5.57 Å². The van der Waals surface area contributed by atoms with Crippen LogP contribution >= 0.6 is 0 Å². The summed E-state index contributed by atoms with van der Waals surface area (Å²) in [5.41, 5.74) is 4.40. The standard InChI is InChI=1S/C25H26O4/c1-2-4-21(16-25(27)28)20-9-13-24(14-10-20)29-17-18-5-3-6-22(15-18)19-7-11-23(26)12-8-19/h2-7,9-10,13-15,21H,8,11-12,16-17H2,1H3,(H,27,28). The van der Waals surface area contributed by atoms with Crippen LogP contribution in [0.25, 0.3) is 5.57 Å². The normalized spacial score (nSPS) is 15.2. The first-order valence-electron chi connectivity index (χ1n) is 9.92. The number of carboxylic acid groups (broad SMARTS) is 1. The molecule has 29 heavy (non-hydrogen) atoms. The average Bonchev–Trinajstić information content (AvgIpc) is 2.73. The second kappa shape index (κ2) is 9.87. The molecule has 0 saturated carbocycles. The van der Waals surface area contributed by atoms with Crippen LogP contribution in [0.5, 0.6) is 5.75 Å². The van der Waals surface area contributed by atoms with Crippen LogP contribution in [0.3, 0.4) is 0 Å². The number of allylic oxidation sites excluding steroid dienone is 4. The molecule has 150 valence electrons. The molecule has 0 saturated heterocycles. The van der Waals surface area contributed by atoms with Crippen LogP contribution in [0.4, 0.5) is 0 Å². The van der Waals surface area contributed by atoms with Gasteiger partial charge in [-0.1, -0.05) is 48.6 Å². The number of Topliss-reactive ketones (excluding diaryl/α,β-unsaturated/α-hetero) is 1. The first kappa shape index (κ1) is 20.6. The summed E-state index contributed by atoms with van der Waals surface area (Å²) < 4.78 is 5.92. The lowest BCUT2D eigenvalue weighted by molar-refractivity contribution is -0.137. The van der Waals surface area contributed by atoms with E-state index in [2.05, 4.69) is 12.1 Å². The van der Waals surface area contributed by atoms with Gasteiger partial charge in [0.05, 0.1) is 6.42 Å². The van der Waals surface area contributed by atoms with Crippen molar-refractivity contribution < 1.29 is 19.4 Å². The summed E-state index contributed by atoms with van der Waals surface area (Å²) in [6.07, 6.45) is 7.83. The molecule has 1 N–H and O–H groups in total. The fourth-order valence-electron chi connectivity index (χ4n) is 3.53. The molecular weight excluding hydrogens is 364 g/mol. The Morgan fingerprint density at radius 2 is 1.97 bits per heavy atom. The van der Waals surface area contributed by atoms with Crippen LogP contribution in [0.1, 0.15) is 55.2 Å². The van der Waals surface area contributed by atoms with Gasteiger partial charge in [-0.15, -0.1) is 0 Å². The van der Waals surface area contributed by atoms with Gasteiger partial charge in [0, 0.05) is 18.8 Å². The topological polar surface area (TPSA) is 63.6 Å². The van der Waals surface area contributed by atoms with Crippen molar-refractivity contribution in [1.29, 1.82) is 0 Å². The first-order chi connectivity index (χ1) is 14.0. The number of carboxylic acids is 1. The number of carbonyl (C=O) groups is 2. The zero-order chi connectivity index (χ0) is 20.6. The Morgan fingerprint density at radius 1 is 1.17 bits per heavy atom. The molecule has 0 bridgehead atoms. The molecule has 1 aliphatic rings. The molecule has 4 heteroatoms. The SMILES string of the molecule is CC=CC(CC(=O)O)c1ccc(OCc2cccc(C3=CCC(=O)CC3)c2)cc1. The smallest absolute Gasteiger partial charge is 0.304 e. The number of benzene rings is 2. The first-order valence-corrected chi connectivity index (χ1v) is 9.92. The van der Waals surface area contributed by atoms with Crippen molar-refractivity contribution in [1.82, 2.24) is 0 Å². The molecule has 4 nitrogen and oxygen atoms in total. The largest absolute Gasteiger partial charge is 0.489 e. The van der Waals surface area contributed by atoms with E-state index in [0.29, 0.717) is 25.2 Å². The van der Waals surface area contributed by atoms with Gasteiger partial charge in [-0.05, 0) is 53.8 Å². The number of hydrogen-bond donors (Lipinski definition) is 1. The Labute approximate surface area is 171 Å². The van der Waals surface area contributed by atoms with Crippen LogP contribution < -0.4 is 4.74 Å². The number of ether oxygens (including phenoxy) is 1. The second-order valence-electron chi connectivity index (χ2n) is 7.26. The summed E-state index contributed by atoms with van der Waals surface area (Å²) in [5.74, 6) is 0.0949. The van der Waals surface area contributed by atoms with Crippen molar-refractivity contribution in [2.45, 2.75) is 45.1 Å². The van der Waals surface area contributed by atoms with Gasteiger partial charge >= 0.3 is 5.97 Å². The molecule has 0 fully saturated rings. The number of aliphatic carboxylic acids is 1. The third kappa shape index (κ3) is 5.92. The summed E-state index contributed by atoms with van der Waals surface area (Å²) >= 11 is 0. The minimum absolute atomic E-state index is 0.0682. The van der Waals surface area contributed by atoms with Crippen LogP contribution in [0.2, 0.25) is 0 Å². The third-order valence-electron chi connectivity index (χ3n) is 5.08. The average molecular weight is 390 g/mol. The van der Waals surface area contributed by atoms with E-state index >= 15 is 0 Å². The van der Waals surface area contributed by atoms with E-state index in [1.807, 2.05) is 61.5 Å². The Morgan fingerprint density at radius 3 is 2.62 bits per heavy atom. The van der Waals surface area contributed by atoms with Gasteiger partial charge in [0.1, 0.15) is 18.1 Å². The van der Waals surface area contributed by atoms with Gasteiger partial charge in [0.15, 0.2) is 0 Å². The zero-order valence-electron chi connectivity index (χ0n) is 16.6. The monoisotopic (exact) mass is 390 g/mol. The molecule has 0 spiro atoms.